The number of anilines is 1. The minimum Gasteiger partial charge on any atom is -0.399 e. The molecule has 2 aromatic rings. The lowest BCUT2D eigenvalue weighted by molar-refractivity contribution is 0.703. The summed E-state index contributed by atoms with van der Waals surface area (Å²) in [6, 6.07) is 5.76. The topological polar surface area (TPSA) is 43.8 Å². The van der Waals surface area contributed by atoms with E-state index in [0.717, 1.165) is 22.2 Å². The van der Waals surface area contributed by atoms with Gasteiger partial charge in [-0.3, -0.25) is 4.68 Å². The maximum atomic E-state index is 5.73. The van der Waals surface area contributed by atoms with Crippen LogP contribution in [0, 0.1) is 0 Å². The van der Waals surface area contributed by atoms with Crippen LogP contribution in [0.2, 0.25) is 0 Å². The van der Waals surface area contributed by atoms with Crippen molar-refractivity contribution in [3.63, 3.8) is 0 Å². The van der Waals surface area contributed by atoms with Crippen LogP contribution < -0.4 is 5.73 Å². The van der Waals surface area contributed by atoms with Gasteiger partial charge in [0.15, 0.2) is 0 Å². The molecule has 1 aromatic carbocycles. The zero-order chi connectivity index (χ0) is 10.8. The van der Waals surface area contributed by atoms with Gasteiger partial charge in [-0.2, -0.15) is 5.10 Å². The number of allylic oxidation sites excluding steroid dienone is 1. The molecule has 0 aliphatic heterocycles. The summed E-state index contributed by atoms with van der Waals surface area (Å²) in [5.74, 6) is 0. The lowest BCUT2D eigenvalue weighted by Crippen LogP contribution is -2.00. The third-order valence-electron chi connectivity index (χ3n) is 2.25. The number of nitrogens with two attached hydrogens (primary N) is 1. The van der Waals surface area contributed by atoms with Crippen molar-refractivity contribution >= 4 is 28.2 Å². The van der Waals surface area contributed by atoms with E-state index in [1.807, 2.05) is 36.0 Å². The molecule has 0 unspecified atom stereocenters. The largest absolute Gasteiger partial charge is 0.399 e. The first kappa shape index (κ1) is 10.1. The van der Waals surface area contributed by atoms with Crippen molar-refractivity contribution in [1.82, 2.24) is 9.78 Å². The predicted octanol–water partition coefficient (Wildman–Crippen LogP) is 2.76. The molecule has 15 heavy (non-hydrogen) atoms. The second-order valence-electron chi connectivity index (χ2n) is 3.58. The highest BCUT2D eigenvalue weighted by Gasteiger charge is 2.02. The minimum atomic E-state index is 0.691. The van der Waals surface area contributed by atoms with Crippen LogP contribution in [0.25, 0.3) is 10.9 Å². The zero-order valence-electron chi connectivity index (χ0n) is 8.44. The molecule has 0 saturated carbocycles. The summed E-state index contributed by atoms with van der Waals surface area (Å²) in [6.45, 7) is 2.66. The Kier molecular flexibility index (Phi) is 2.64. The number of nitrogens with zero attached hydrogens (tertiary/aromatic N) is 2. The van der Waals surface area contributed by atoms with Gasteiger partial charge in [-0.05, 0) is 30.7 Å². The summed E-state index contributed by atoms with van der Waals surface area (Å²) < 4.78 is 1.89. The Morgan fingerprint density at radius 2 is 2.40 bits per heavy atom. The highest BCUT2D eigenvalue weighted by molar-refractivity contribution is 6.25. The number of hydrogen-bond acceptors (Lipinski definition) is 2. The number of hydrogen-bond donors (Lipinski definition) is 1. The fraction of sp³-hybridized carbons (Fsp3) is 0.182. The van der Waals surface area contributed by atoms with E-state index in [-0.39, 0.29) is 0 Å². The van der Waals surface area contributed by atoms with Gasteiger partial charge < -0.3 is 5.73 Å². The van der Waals surface area contributed by atoms with Crippen molar-refractivity contribution in [1.29, 1.82) is 0 Å². The van der Waals surface area contributed by atoms with Crippen LogP contribution in [0.4, 0.5) is 5.69 Å². The molecule has 0 amide bonds. The first-order chi connectivity index (χ1) is 7.20. The van der Waals surface area contributed by atoms with E-state index in [2.05, 4.69) is 5.10 Å². The summed E-state index contributed by atoms with van der Waals surface area (Å²) in [7, 11) is 0. The molecule has 4 heteroatoms. The fourth-order valence-corrected chi connectivity index (χ4v) is 1.55. The quantitative estimate of drug-likeness (QED) is 0.793. The van der Waals surface area contributed by atoms with Crippen LogP contribution in [0.15, 0.2) is 35.5 Å². The number of rotatable bonds is 2. The monoisotopic (exact) mass is 221 g/mol. The number of fused-ring (bicyclic) bond motifs is 1. The van der Waals surface area contributed by atoms with Crippen molar-refractivity contribution in [2.75, 3.05) is 5.73 Å². The Bertz CT molecular complexity index is 514. The Morgan fingerprint density at radius 3 is 3.13 bits per heavy atom. The van der Waals surface area contributed by atoms with Gasteiger partial charge in [-0.25, -0.2) is 0 Å². The molecule has 0 aliphatic carbocycles. The van der Waals surface area contributed by atoms with Gasteiger partial charge >= 0.3 is 0 Å². The molecule has 2 rings (SSSR count). The molecule has 0 radical (unpaired) electrons. The van der Waals surface area contributed by atoms with Crippen LogP contribution in [0.3, 0.4) is 0 Å². The Morgan fingerprint density at radius 1 is 1.60 bits per heavy atom. The summed E-state index contributed by atoms with van der Waals surface area (Å²) in [5.41, 5.74) is 10.1. The van der Waals surface area contributed by atoms with Crippen molar-refractivity contribution in [3.05, 3.63) is 35.5 Å². The maximum Gasteiger partial charge on any atom is 0.0706 e. The first-order valence-electron chi connectivity index (χ1n) is 4.67. The maximum absolute atomic E-state index is 5.73. The normalized spacial score (nSPS) is 12.3. The molecule has 0 saturated heterocycles. The van der Waals surface area contributed by atoms with Crippen LogP contribution >= 0.6 is 11.6 Å². The van der Waals surface area contributed by atoms with Crippen molar-refractivity contribution in [3.8, 4) is 0 Å². The van der Waals surface area contributed by atoms with Crippen LogP contribution in [0.5, 0.6) is 0 Å². The molecule has 78 valence electrons. The van der Waals surface area contributed by atoms with Gasteiger partial charge in [0.2, 0.25) is 0 Å². The molecule has 0 bridgehead atoms. The Balaban J connectivity index is 2.48. The molecule has 0 aliphatic rings. The van der Waals surface area contributed by atoms with Crippen molar-refractivity contribution in [2.45, 2.75) is 13.5 Å². The van der Waals surface area contributed by atoms with Gasteiger partial charge in [0.25, 0.3) is 0 Å². The average Bonchev–Trinajstić information content (AvgIpc) is 2.61. The summed E-state index contributed by atoms with van der Waals surface area (Å²) in [4.78, 5) is 0. The molecular weight excluding hydrogens is 210 g/mol. The van der Waals surface area contributed by atoms with E-state index in [9.17, 15) is 0 Å². The number of nitrogen functional groups attached to an aromatic ring is 1. The summed E-state index contributed by atoms with van der Waals surface area (Å²) >= 11 is 5.62. The van der Waals surface area contributed by atoms with E-state index >= 15 is 0 Å². The minimum absolute atomic E-state index is 0.691. The average molecular weight is 222 g/mol. The third-order valence-corrected chi connectivity index (χ3v) is 2.63. The van der Waals surface area contributed by atoms with Crippen molar-refractivity contribution < 1.29 is 0 Å². The molecular formula is C11H12ClN3. The number of halogens is 1. The van der Waals surface area contributed by atoms with Crippen LogP contribution in [-0.2, 0) is 6.54 Å². The van der Waals surface area contributed by atoms with E-state index < -0.39 is 0 Å². The van der Waals surface area contributed by atoms with Gasteiger partial charge in [0.05, 0.1) is 18.3 Å². The molecule has 0 spiro atoms. The molecule has 0 atom stereocenters. The Labute approximate surface area is 93.1 Å². The lowest BCUT2D eigenvalue weighted by atomic mass is 10.2. The smallest absolute Gasteiger partial charge is 0.0706 e. The third kappa shape index (κ3) is 1.97. The molecule has 1 aromatic heterocycles. The first-order valence-corrected chi connectivity index (χ1v) is 5.11. The highest BCUT2D eigenvalue weighted by Crippen LogP contribution is 2.17. The van der Waals surface area contributed by atoms with E-state index in [1.165, 1.54) is 0 Å². The van der Waals surface area contributed by atoms with Crippen LogP contribution in [0.1, 0.15) is 6.92 Å². The summed E-state index contributed by atoms with van der Waals surface area (Å²) in [5, 5.41) is 5.38. The summed E-state index contributed by atoms with van der Waals surface area (Å²) in [6.07, 6.45) is 1.83. The molecule has 1 heterocycles. The van der Waals surface area contributed by atoms with E-state index in [4.69, 9.17) is 17.3 Å². The Hall–Kier alpha value is -1.48. The highest BCUT2D eigenvalue weighted by atomic mass is 35.5. The zero-order valence-corrected chi connectivity index (χ0v) is 9.20. The fourth-order valence-electron chi connectivity index (χ4n) is 1.48. The SMILES string of the molecule is C/C(=C\Cl)Cn1ncc2ccc(N)cc21. The lowest BCUT2D eigenvalue weighted by Gasteiger charge is -2.03. The second-order valence-corrected chi connectivity index (χ2v) is 3.79. The van der Waals surface area contributed by atoms with E-state index in [0.29, 0.717) is 6.54 Å². The standard InChI is InChI=1S/C11H12ClN3/c1-8(5-12)7-15-11-4-10(13)3-2-9(11)6-14-15/h2-6H,7,13H2,1H3/b8-5+. The van der Waals surface area contributed by atoms with Gasteiger partial charge in [-0.15, -0.1) is 0 Å². The van der Waals surface area contributed by atoms with Crippen molar-refractivity contribution in [2.24, 2.45) is 0 Å². The van der Waals surface area contributed by atoms with Gasteiger partial charge in [0.1, 0.15) is 0 Å². The van der Waals surface area contributed by atoms with Gasteiger partial charge in [0, 0.05) is 16.6 Å². The molecule has 3 nitrogen and oxygen atoms in total. The van der Waals surface area contributed by atoms with Crippen LogP contribution in [-0.4, -0.2) is 9.78 Å². The second kappa shape index (κ2) is 3.95. The molecule has 0 fully saturated rings. The number of benzene rings is 1. The van der Waals surface area contributed by atoms with Gasteiger partial charge in [-0.1, -0.05) is 11.6 Å². The molecule has 2 N–H and O–H groups in total. The number of aromatic nitrogens is 2. The predicted molar refractivity (Wildman–Crippen MR) is 63.8 cm³/mol. The van der Waals surface area contributed by atoms with E-state index in [1.54, 1.807) is 5.54 Å².